The van der Waals surface area contributed by atoms with E-state index in [1.165, 1.54) is 238 Å². The summed E-state index contributed by atoms with van der Waals surface area (Å²) in [6, 6.07) is -1.19. The van der Waals surface area contributed by atoms with Crippen molar-refractivity contribution in [1.29, 1.82) is 0 Å². The molecule has 1 aliphatic rings. The van der Waals surface area contributed by atoms with Gasteiger partial charge in [-0.2, -0.15) is 0 Å². The molecule has 1 heterocycles. The largest absolute Gasteiger partial charge is 0.394 e. The van der Waals surface area contributed by atoms with Crippen LogP contribution in [0.5, 0.6) is 0 Å². The third kappa shape index (κ3) is 44.8. The molecule has 1 rings (SSSR count). The molecule has 9 atom stereocenters. The number of allylic oxidation sites excluding steroid dienone is 6. The summed E-state index contributed by atoms with van der Waals surface area (Å²) in [6.07, 6.45) is 62.5. The van der Waals surface area contributed by atoms with Crippen molar-refractivity contribution in [3.63, 3.8) is 0 Å². The number of ether oxygens (including phenoxy) is 2. The summed E-state index contributed by atoms with van der Waals surface area (Å²) in [4.78, 5) is 13.2. The van der Waals surface area contributed by atoms with Gasteiger partial charge in [0.1, 0.15) is 36.6 Å². The van der Waals surface area contributed by atoms with Crippen LogP contribution < -0.4 is 5.32 Å². The minimum atomic E-state index is -1.67. The lowest BCUT2D eigenvalue weighted by molar-refractivity contribution is -0.303. The molecule has 1 aliphatic heterocycles. The summed E-state index contributed by atoms with van der Waals surface area (Å²) >= 11 is 0. The van der Waals surface area contributed by atoms with Crippen molar-refractivity contribution in [3.8, 4) is 0 Å². The quantitative estimate of drug-likeness (QED) is 0.0215. The van der Waals surface area contributed by atoms with Crippen LogP contribution >= 0.6 is 0 Å². The van der Waals surface area contributed by atoms with Crippen molar-refractivity contribution >= 4 is 5.91 Å². The fourth-order valence-electron chi connectivity index (χ4n) is 11.1. The number of hydrogen-bond donors (Lipinski definition) is 8. The molecule has 1 fully saturated rings. The number of carbonyl (C=O) groups excluding carboxylic acids is 1. The van der Waals surface area contributed by atoms with Crippen LogP contribution in [-0.2, 0) is 14.3 Å². The number of carbonyl (C=O) groups is 1. The molecule has 11 nitrogen and oxygen atoms in total. The molecule has 80 heavy (non-hydrogen) atoms. The van der Waals surface area contributed by atoms with Crippen molar-refractivity contribution in [2.24, 2.45) is 0 Å². The first-order valence-corrected chi connectivity index (χ1v) is 34.4. The number of aliphatic hydroxyl groups is 7. The molecule has 8 N–H and O–H groups in total. The molecular weight excluding hydrogens is 1000 g/mol. The molecule has 0 radical (unpaired) electrons. The highest BCUT2D eigenvalue weighted by molar-refractivity contribution is 5.80. The SMILES string of the molecule is CCCCCC/C=C/CC/C=C/CC/C=C/CCCC(O)C(O)C(COC1OC(CO)C(O)C(O)C1O)NC(=O)C(O)CCCCCCCCCCCCCCCCCCCCCCCCCCCCCCCCCCCCCC. The smallest absolute Gasteiger partial charge is 0.249 e. The Morgan fingerprint density at radius 1 is 0.425 bits per heavy atom. The maximum Gasteiger partial charge on any atom is 0.249 e. The number of nitrogens with one attached hydrogen (secondary N) is 1. The van der Waals surface area contributed by atoms with E-state index in [-0.39, 0.29) is 12.8 Å². The number of amides is 1. The molecule has 0 spiro atoms. The van der Waals surface area contributed by atoms with Gasteiger partial charge in [0.25, 0.3) is 0 Å². The third-order valence-electron chi connectivity index (χ3n) is 16.7. The van der Waals surface area contributed by atoms with E-state index in [0.29, 0.717) is 19.3 Å². The van der Waals surface area contributed by atoms with Gasteiger partial charge in [-0.25, -0.2) is 0 Å². The van der Waals surface area contributed by atoms with Crippen molar-refractivity contribution in [2.75, 3.05) is 13.2 Å². The summed E-state index contributed by atoms with van der Waals surface area (Å²) in [7, 11) is 0. The molecule has 1 saturated heterocycles. The second-order valence-electron chi connectivity index (χ2n) is 24.2. The van der Waals surface area contributed by atoms with Gasteiger partial charge in [0.05, 0.1) is 25.4 Å². The Morgan fingerprint density at radius 3 is 1.11 bits per heavy atom. The van der Waals surface area contributed by atoms with Gasteiger partial charge in [-0.1, -0.05) is 301 Å². The highest BCUT2D eigenvalue weighted by Crippen LogP contribution is 2.24. The number of unbranched alkanes of at least 4 members (excludes halogenated alkanes) is 42. The topological polar surface area (TPSA) is 189 Å². The van der Waals surface area contributed by atoms with Crippen molar-refractivity contribution in [1.82, 2.24) is 5.32 Å². The van der Waals surface area contributed by atoms with Gasteiger partial charge in [0, 0.05) is 0 Å². The molecule has 1 amide bonds. The monoisotopic (exact) mass is 1130 g/mol. The van der Waals surface area contributed by atoms with E-state index in [4.69, 9.17) is 9.47 Å². The lowest BCUT2D eigenvalue weighted by Crippen LogP contribution is -2.60. The molecule has 0 aromatic heterocycles. The van der Waals surface area contributed by atoms with Gasteiger partial charge in [0.2, 0.25) is 5.91 Å². The minimum Gasteiger partial charge on any atom is -0.394 e. The first-order valence-electron chi connectivity index (χ1n) is 34.4. The Kier molecular flexibility index (Phi) is 55.1. The van der Waals surface area contributed by atoms with Gasteiger partial charge >= 0.3 is 0 Å². The highest BCUT2D eigenvalue weighted by Gasteiger charge is 2.44. The molecule has 0 aliphatic carbocycles. The maximum absolute atomic E-state index is 13.2. The second-order valence-corrected chi connectivity index (χ2v) is 24.2. The minimum absolute atomic E-state index is 0.242. The van der Waals surface area contributed by atoms with Gasteiger partial charge in [-0.05, 0) is 64.2 Å². The van der Waals surface area contributed by atoms with Gasteiger partial charge in [-0.3, -0.25) is 4.79 Å². The molecule has 11 heteroatoms. The van der Waals surface area contributed by atoms with E-state index in [2.05, 4.69) is 55.6 Å². The first kappa shape index (κ1) is 76.3. The van der Waals surface area contributed by atoms with Gasteiger partial charge < -0.3 is 50.5 Å². The first-order chi connectivity index (χ1) is 39.2. The average Bonchev–Trinajstić information content (AvgIpc) is 3.47. The number of hydrogen-bond acceptors (Lipinski definition) is 10. The van der Waals surface area contributed by atoms with E-state index < -0.39 is 74.2 Å². The van der Waals surface area contributed by atoms with Gasteiger partial charge in [0.15, 0.2) is 6.29 Å². The zero-order valence-electron chi connectivity index (χ0n) is 52.1. The predicted octanol–water partition coefficient (Wildman–Crippen LogP) is 16.2. The van der Waals surface area contributed by atoms with Crippen molar-refractivity contribution in [2.45, 2.75) is 384 Å². The standard InChI is InChI=1S/C69H131NO10/c1-3-5-7-9-11-13-15-17-19-21-22-23-24-25-26-27-28-29-30-31-32-33-34-35-36-37-38-39-41-43-45-47-49-51-53-55-57-62(73)68(78)70-60(59-79-69-67(77)66(76)65(75)63(58-71)80-69)64(74)61(72)56-54-52-50-48-46-44-42-40-20-18-16-14-12-10-8-6-4-2/h14,16,40,42,48,50,60-67,69,71-77H,3-13,15,17-39,41,43-47,49,51-59H2,1-2H3,(H,70,78)/b16-14+,42-40+,50-48+. The highest BCUT2D eigenvalue weighted by atomic mass is 16.7. The summed E-state index contributed by atoms with van der Waals surface area (Å²) in [5.41, 5.74) is 0. The van der Waals surface area contributed by atoms with Crippen LogP contribution in [0.2, 0.25) is 0 Å². The van der Waals surface area contributed by atoms with Crippen LogP contribution in [0, 0.1) is 0 Å². The Morgan fingerprint density at radius 2 is 0.750 bits per heavy atom. The molecule has 0 aromatic carbocycles. The lowest BCUT2D eigenvalue weighted by atomic mass is 9.98. The fourth-order valence-corrected chi connectivity index (χ4v) is 11.1. The molecule has 0 bridgehead atoms. The Bertz CT molecular complexity index is 1390. The Labute approximate surface area is 492 Å². The Balaban J connectivity index is 2.15. The van der Waals surface area contributed by atoms with Crippen LogP contribution in [-0.4, -0.2) is 110 Å². The summed E-state index contributed by atoms with van der Waals surface area (Å²) in [5, 5.41) is 76.3. The van der Waals surface area contributed by atoms with Crippen LogP contribution in [0.25, 0.3) is 0 Å². The molecule has 472 valence electrons. The summed E-state index contributed by atoms with van der Waals surface area (Å²) < 4.78 is 11.1. The molecule has 9 unspecified atom stereocenters. The lowest BCUT2D eigenvalue weighted by Gasteiger charge is -2.40. The van der Waals surface area contributed by atoms with Crippen LogP contribution in [0.1, 0.15) is 328 Å². The zero-order chi connectivity index (χ0) is 58.2. The molecule has 0 aromatic rings. The average molecular weight is 1130 g/mol. The predicted molar refractivity (Wildman–Crippen MR) is 335 cm³/mol. The van der Waals surface area contributed by atoms with Crippen LogP contribution in [0.3, 0.4) is 0 Å². The van der Waals surface area contributed by atoms with E-state index in [9.17, 15) is 40.5 Å². The van der Waals surface area contributed by atoms with Crippen LogP contribution in [0.15, 0.2) is 36.5 Å². The summed E-state index contributed by atoms with van der Waals surface area (Å²) in [5.74, 6) is -0.707. The number of rotatable bonds is 60. The third-order valence-corrected chi connectivity index (χ3v) is 16.7. The molecular formula is C69H131NO10. The van der Waals surface area contributed by atoms with Crippen molar-refractivity contribution in [3.05, 3.63) is 36.5 Å². The molecule has 0 saturated carbocycles. The van der Waals surface area contributed by atoms with E-state index >= 15 is 0 Å². The second kappa shape index (κ2) is 57.7. The van der Waals surface area contributed by atoms with Crippen LogP contribution in [0.4, 0.5) is 0 Å². The normalized spacial score (nSPS) is 19.4. The van der Waals surface area contributed by atoms with E-state index in [1.807, 2.05) is 0 Å². The van der Waals surface area contributed by atoms with Crippen molar-refractivity contribution < 1.29 is 50.0 Å². The number of aliphatic hydroxyl groups excluding tert-OH is 7. The van der Waals surface area contributed by atoms with E-state index in [0.717, 1.165) is 44.9 Å². The maximum atomic E-state index is 13.2. The fraction of sp³-hybridized carbons (Fsp3) is 0.899. The zero-order valence-corrected chi connectivity index (χ0v) is 52.1. The van der Waals surface area contributed by atoms with E-state index in [1.54, 1.807) is 0 Å². The Hall–Kier alpha value is -1.67. The van der Waals surface area contributed by atoms with Gasteiger partial charge in [-0.15, -0.1) is 0 Å². The summed E-state index contributed by atoms with van der Waals surface area (Å²) in [6.45, 7) is 3.45.